The summed E-state index contributed by atoms with van der Waals surface area (Å²) in [6, 6.07) is 18.8. The van der Waals surface area contributed by atoms with E-state index in [-0.39, 0.29) is 16.8 Å². The van der Waals surface area contributed by atoms with E-state index in [4.69, 9.17) is 0 Å². The largest absolute Gasteiger partial charge is 0.355 e. The van der Waals surface area contributed by atoms with Crippen LogP contribution in [0.1, 0.15) is 50.2 Å². The number of carbonyl (C=O) groups is 1. The minimum atomic E-state index is -0.0829. The Labute approximate surface area is 177 Å². The molecule has 1 fully saturated rings. The van der Waals surface area contributed by atoms with Gasteiger partial charge in [-0.2, -0.15) is 0 Å². The molecule has 1 atom stereocenters. The summed E-state index contributed by atoms with van der Waals surface area (Å²) >= 11 is 1.78. The van der Waals surface area contributed by atoms with Crippen molar-refractivity contribution < 1.29 is 4.79 Å². The second-order valence-corrected chi connectivity index (χ2v) is 9.74. The first kappa shape index (κ1) is 18.8. The van der Waals surface area contributed by atoms with E-state index in [9.17, 15) is 4.79 Å². The number of hydrogen-bond donors (Lipinski definition) is 1. The van der Waals surface area contributed by atoms with Crippen molar-refractivity contribution in [2.45, 2.75) is 50.9 Å². The van der Waals surface area contributed by atoms with Crippen LogP contribution in [-0.2, 0) is 11.2 Å². The summed E-state index contributed by atoms with van der Waals surface area (Å²) in [5, 5.41) is 3.81. The molecule has 3 aliphatic rings. The Morgan fingerprint density at radius 3 is 2.52 bits per heavy atom. The molecule has 0 bridgehead atoms. The molecule has 1 unspecified atom stereocenters. The molecule has 5 rings (SSSR count). The van der Waals surface area contributed by atoms with E-state index < -0.39 is 0 Å². The lowest BCUT2D eigenvalue weighted by atomic mass is 9.61. The molecule has 1 spiro atoms. The van der Waals surface area contributed by atoms with Gasteiger partial charge >= 0.3 is 0 Å². The molecular formula is C25H28N2OS. The SMILES string of the molecule is CCSC1NC2=C(C(=O)N1c1ccccc1)C1(CCCCC1)Cc1ccccc12. The molecule has 4 heteroatoms. The molecular weight excluding hydrogens is 376 g/mol. The highest BCUT2D eigenvalue weighted by Crippen LogP contribution is 2.53. The maximum atomic E-state index is 14.1. The third-order valence-corrected chi connectivity index (χ3v) is 7.68. The molecule has 1 amide bonds. The van der Waals surface area contributed by atoms with Crippen molar-refractivity contribution in [1.82, 2.24) is 5.32 Å². The highest BCUT2D eigenvalue weighted by molar-refractivity contribution is 7.99. The molecule has 150 valence electrons. The summed E-state index contributed by atoms with van der Waals surface area (Å²) < 4.78 is 0. The zero-order valence-corrected chi connectivity index (χ0v) is 17.8. The summed E-state index contributed by atoms with van der Waals surface area (Å²) in [6.45, 7) is 2.15. The fraction of sp³-hybridized carbons (Fsp3) is 0.400. The van der Waals surface area contributed by atoms with Crippen LogP contribution in [0.15, 0.2) is 60.2 Å². The molecule has 1 heterocycles. The van der Waals surface area contributed by atoms with Gasteiger partial charge in [0.2, 0.25) is 0 Å². The Morgan fingerprint density at radius 1 is 1.03 bits per heavy atom. The summed E-state index contributed by atoms with van der Waals surface area (Å²) in [6.07, 6.45) is 6.92. The molecule has 0 radical (unpaired) electrons. The summed E-state index contributed by atoms with van der Waals surface area (Å²) in [4.78, 5) is 16.1. The number of nitrogens with zero attached hydrogens (tertiary/aromatic N) is 1. The van der Waals surface area contributed by atoms with Crippen molar-refractivity contribution in [3.8, 4) is 0 Å². The van der Waals surface area contributed by atoms with E-state index >= 15 is 0 Å². The summed E-state index contributed by atoms with van der Waals surface area (Å²) in [5.41, 5.74) is 5.61. The molecule has 0 aromatic heterocycles. The predicted octanol–water partition coefficient (Wildman–Crippen LogP) is 5.58. The van der Waals surface area contributed by atoms with Gasteiger partial charge in [0.25, 0.3) is 5.91 Å². The quantitative estimate of drug-likeness (QED) is 0.725. The summed E-state index contributed by atoms with van der Waals surface area (Å²) in [7, 11) is 0. The van der Waals surface area contributed by atoms with Gasteiger partial charge in [0, 0.05) is 22.2 Å². The van der Waals surface area contributed by atoms with Crippen LogP contribution in [-0.4, -0.2) is 17.2 Å². The van der Waals surface area contributed by atoms with Crippen molar-refractivity contribution in [3.63, 3.8) is 0 Å². The number of hydrogen-bond acceptors (Lipinski definition) is 3. The number of benzene rings is 2. The monoisotopic (exact) mass is 404 g/mol. The van der Waals surface area contributed by atoms with Gasteiger partial charge in [-0.15, -0.1) is 11.8 Å². The van der Waals surface area contributed by atoms with Crippen molar-refractivity contribution in [1.29, 1.82) is 0 Å². The van der Waals surface area contributed by atoms with Crippen LogP contribution >= 0.6 is 11.8 Å². The highest BCUT2D eigenvalue weighted by atomic mass is 32.2. The number of fused-ring (bicyclic) bond motifs is 3. The highest BCUT2D eigenvalue weighted by Gasteiger charge is 2.49. The minimum absolute atomic E-state index is 0.0269. The van der Waals surface area contributed by atoms with Gasteiger partial charge in [-0.3, -0.25) is 9.69 Å². The van der Waals surface area contributed by atoms with E-state index in [1.165, 1.54) is 30.4 Å². The first-order valence-corrected chi connectivity index (χ1v) is 11.9. The molecule has 2 aromatic carbocycles. The van der Waals surface area contributed by atoms with E-state index in [2.05, 4.69) is 48.6 Å². The lowest BCUT2D eigenvalue weighted by molar-refractivity contribution is -0.117. The maximum absolute atomic E-state index is 14.1. The number of rotatable bonds is 3. The second kappa shape index (κ2) is 7.56. The molecule has 1 N–H and O–H groups in total. The van der Waals surface area contributed by atoms with Crippen LogP contribution in [0.4, 0.5) is 5.69 Å². The van der Waals surface area contributed by atoms with Crippen molar-refractivity contribution in [2.24, 2.45) is 5.41 Å². The van der Waals surface area contributed by atoms with E-state index in [0.29, 0.717) is 0 Å². The Balaban J connectivity index is 1.69. The Bertz CT molecular complexity index is 946. The fourth-order valence-electron chi connectivity index (χ4n) is 5.44. The van der Waals surface area contributed by atoms with Gasteiger partial charge in [-0.1, -0.05) is 68.7 Å². The normalized spacial score (nSPS) is 22.9. The fourth-order valence-corrected chi connectivity index (χ4v) is 6.32. The number of amides is 1. The van der Waals surface area contributed by atoms with E-state index in [1.54, 1.807) is 11.8 Å². The number of para-hydroxylation sites is 1. The number of carbonyl (C=O) groups excluding carboxylic acids is 1. The van der Waals surface area contributed by atoms with Crippen molar-refractivity contribution >= 4 is 29.1 Å². The molecule has 0 saturated heterocycles. The van der Waals surface area contributed by atoms with Crippen LogP contribution in [0, 0.1) is 5.41 Å². The van der Waals surface area contributed by atoms with Crippen LogP contribution in [0.25, 0.3) is 5.70 Å². The number of nitrogens with one attached hydrogen (secondary N) is 1. The van der Waals surface area contributed by atoms with Crippen molar-refractivity contribution in [2.75, 3.05) is 10.7 Å². The average molecular weight is 405 g/mol. The summed E-state index contributed by atoms with van der Waals surface area (Å²) in [5.74, 6) is 1.15. The van der Waals surface area contributed by atoms with Crippen LogP contribution in [0.5, 0.6) is 0 Å². The standard InChI is InChI=1S/C25H28N2OS/c1-2-29-24-26-22-20-14-8-7-11-18(20)17-25(15-9-4-10-16-25)21(22)23(28)27(24)19-12-5-3-6-13-19/h3,5-8,11-14,24,26H,2,4,9-10,15-17H2,1H3. The first-order valence-electron chi connectivity index (χ1n) is 10.8. The van der Waals surface area contributed by atoms with Gasteiger partial charge < -0.3 is 5.32 Å². The molecule has 3 nitrogen and oxygen atoms in total. The molecule has 29 heavy (non-hydrogen) atoms. The predicted molar refractivity (Wildman–Crippen MR) is 122 cm³/mol. The van der Waals surface area contributed by atoms with Crippen LogP contribution in [0.2, 0.25) is 0 Å². The molecule has 2 aromatic rings. The molecule has 1 saturated carbocycles. The Hall–Kier alpha value is -2.20. The smallest absolute Gasteiger partial charge is 0.259 e. The van der Waals surface area contributed by atoms with Gasteiger partial charge in [-0.25, -0.2) is 0 Å². The van der Waals surface area contributed by atoms with E-state index in [0.717, 1.165) is 42.0 Å². The lowest BCUT2D eigenvalue weighted by Crippen LogP contribution is -2.56. The van der Waals surface area contributed by atoms with Crippen LogP contribution < -0.4 is 10.2 Å². The first-order chi connectivity index (χ1) is 14.2. The third-order valence-electron chi connectivity index (χ3n) is 6.70. The third kappa shape index (κ3) is 3.09. The number of anilines is 1. The zero-order valence-electron chi connectivity index (χ0n) is 17.0. The van der Waals surface area contributed by atoms with Gasteiger partial charge in [-0.05, 0) is 42.7 Å². The van der Waals surface area contributed by atoms with Crippen LogP contribution in [0.3, 0.4) is 0 Å². The second-order valence-electron chi connectivity index (χ2n) is 8.39. The average Bonchev–Trinajstić information content (AvgIpc) is 2.75. The molecule has 1 aliphatic heterocycles. The Kier molecular flexibility index (Phi) is 4.91. The minimum Gasteiger partial charge on any atom is -0.355 e. The van der Waals surface area contributed by atoms with Gasteiger partial charge in [0.1, 0.15) is 0 Å². The zero-order chi connectivity index (χ0) is 19.8. The van der Waals surface area contributed by atoms with Gasteiger partial charge in [0.05, 0.1) is 5.70 Å². The molecule has 2 aliphatic carbocycles. The lowest BCUT2D eigenvalue weighted by Gasteiger charge is -2.49. The maximum Gasteiger partial charge on any atom is 0.259 e. The van der Waals surface area contributed by atoms with E-state index in [1.807, 2.05) is 23.1 Å². The van der Waals surface area contributed by atoms with Crippen molar-refractivity contribution in [3.05, 3.63) is 71.3 Å². The Morgan fingerprint density at radius 2 is 1.76 bits per heavy atom. The van der Waals surface area contributed by atoms with Gasteiger partial charge in [0.15, 0.2) is 5.50 Å². The topological polar surface area (TPSA) is 32.3 Å². The number of thioether (sulfide) groups is 1.